The van der Waals surface area contributed by atoms with Gasteiger partial charge >= 0.3 is 12.1 Å². The van der Waals surface area contributed by atoms with Gasteiger partial charge in [-0.1, -0.05) is 19.3 Å². The molecule has 8 heteroatoms. The summed E-state index contributed by atoms with van der Waals surface area (Å²) < 4.78 is 7.36. The average Bonchev–Trinajstić information content (AvgIpc) is 3.23. The molecule has 1 aromatic carbocycles. The fraction of sp³-hybridized carbons (Fsp3) is 0.667. The molecule has 2 fully saturated rings. The van der Waals surface area contributed by atoms with Crippen LogP contribution in [0.3, 0.4) is 0 Å². The van der Waals surface area contributed by atoms with Crippen LogP contribution in [0.2, 0.25) is 0 Å². The molecule has 2 heterocycles. The number of carbonyl (C=O) groups excluding carboxylic acids is 1. The maximum atomic E-state index is 12.6. The molecule has 0 unspecified atom stereocenters. The number of methoxy groups -OCH3 is 1. The van der Waals surface area contributed by atoms with Gasteiger partial charge in [0, 0.05) is 24.1 Å². The molecule has 1 aliphatic heterocycles. The van der Waals surface area contributed by atoms with Crippen LogP contribution in [0.5, 0.6) is 0 Å². The molecule has 0 spiro atoms. The van der Waals surface area contributed by atoms with Crippen molar-refractivity contribution in [2.75, 3.05) is 12.0 Å². The largest absolute Gasteiger partial charge is 0.481 e. The highest BCUT2D eigenvalue weighted by atomic mass is 16.5. The number of rotatable bonds is 4. The van der Waals surface area contributed by atoms with Crippen LogP contribution in [0.1, 0.15) is 82.1 Å². The zero-order valence-electron chi connectivity index (χ0n) is 20.8. The Labute approximate surface area is 206 Å². The molecule has 2 N–H and O–H groups in total. The number of benzene rings is 1. The van der Waals surface area contributed by atoms with Gasteiger partial charge < -0.3 is 19.5 Å². The number of hydrogen-bond acceptors (Lipinski definition) is 5. The van der Waals surface area contributed by atoms with E-state index in [0.717, 1.165) is 85.9 Å². The molecule has 5 rings (SSSR count). The first kappa shape index (κ1) is 24.1. The molecule has 2 saturated carbocycles. The smallest absolute Gasteiger partial charge is 0.414 e. The van der Waals surface area contributed by atoms with E-state index in [1.54, 1.807) is 4.90 Å². The predicted molar refractivity (Wildman–Crippen MR) is 133 cm³/mol. The lowest BCUT2D eigenvalue weighted by Gasteiger charge is -2.34. The first-order valence-corrected chi connectivity index (χ1v) is 13.2. The molecule has 0 radical (unpaired) electrons. The van der Waals surface area contributed by atoms with Gasteiger partial charge in [-0.25, -0.2) is 9.78 Å². The summed E-state index contributed by atoms with van der Waals surface area (Å²) in [6, 6.07) is 4.16. The van der Waals surface area contributed by atoms with Gasteiger partial charge in [0.1, 0.15) is 5.82 Å². The maximum Gasteiger partial charge on any atom is 0.414 e. The fourth-order valence-electron chi connectivity index (χ4n) is 6.66. The molecule has 3 aliphatic rings. The van der Waals surface area contributed by atoms with Gasteiger partial charge in [-0.15, -0.1) is 0 Å². The Balaban J connectivity index is 1.61. The topological polar surface area (TPSA) is 105 Å². The van der Waals surface area contributed by atoms with Crippen molar-refractivity contribution in [3.63, 3.8) is 0 Å². The number of anilines is 1. The third-order valence-electron chi connectivity index (χ3n) is 8.57. The zero-order chi connectivity index (χ0) is 24.7. The molecule has 1 aromatic heterocycles. The van der Waals surface area contributed by atoms with Gasteiger partial charge in [-0.05, 0) is 69.9 Å². The summed E-state index contributed by atoms with van der Waals surface area (Å²) in [5.41, 5.74) is 3.82. The number of fused-ring (bicyclic) bond motifs is 3. The number of ether oxygens (including phenoxy) is 1. The number of aliphatic hydroxyl groups is 1. The van der Waals surface area contributed by atoms with Gasteiger partial charge in [-0.3, -0.25) is 9.69 Å². The summed E-state index contributed by atoms with van der Waals surface area (Å²) >= 11 is 0. The van der Waals surface area contributed by atoms with Crippen molar-refractivity contribution in [1.82, 2.24) is 9.55 Å². The van der Waals surface area contributed by atoms with E-state index in [0.29, 0.717) is 12.8 Å². The third kappa shape index (κ3) is 4.41. The minimum atomic E-state index is -0.719. The number of amides is 1. The molecule has 2 aromatic rings. The Morgan fingerprint density at radius 3 is 2.66 bits per heavy atom. The Morgan fingerprint density at radius 1 is 1.11 bits per heavy atom. The van der Waals surface area contributed by atoms with Gasteiger partial charge in [-0.2, -0.15) is 0 Å². The first-order valence-electron chi connectivity index (χ1n) is 13.2. The van der Waals surface area contributed by atoms with E-state index in [2.05, 4.69) is 4.57 Å². The first-order chi connectivity index (χ1) is 16.9. The van der Waals surface area contributed by atoms with Crippen LogP contribution in [-0.4, -0.2) is 51.1 Å². The number of nitrogens with zero attached hydrogens (tertiary/aromatic N) is 3. The highest BCUT2D eigenvalue weighted by Gasteiger charge is 2.35. The van der Waals surface area contributed by atoms with E-state index in [1.807, 2.05) is 19.1 Å². The van der Waals surface area contributed by atoms with Gasteiger partial charge in [0.15, 0.2) is 0 Å². The maximum absolute atomic E-state index is 12.6. The van der Waals surface area contributed by atoms with E-state index in [9.17, 15) is 19.8 Å². The lowest BCUT2D eigenvalue weighted by molar-refractivity contribution is -0.143. The minimum absolute atomic E-state index is 0.0426. The summed E-state index contributed by atoms with van der Waals surface area (Å²) in [6.45, 7) is 2.03. The lowest BCUT2D eigenvalue weighted by Crippen LogP contribution is -2.42. The Morgan fingerprint density at radius 2 is 1.91 bits per heavy atom. The Hall–Kier alpha value is -2.61. The minimum Gasteiger partial charge on any atom is -0.481 e. The molecular formula is C27H37N3O5. The molecule has 0 bridgehead atoms. The van der Waals surface area contributed by atoms with E-state index in [4.69, 9.17) is 9.72 Å². The van der Waals surface area contributed by atoms with Crippen molar-refractivity contribution in [3.05, 3.63) is 23.5 Å². The van der Waals surface area contributed by atoms with Crippen LogP contribution in [0, 0.1) is 11.8 Å². The van der Waals surface area contributed by atoms with Crippen LogP contribution in [0.4, 0.5) is 10.5 Å². The van der Waals surface area contributed by atoms with Crippen LogP contribution in [-0.2, 0) is 22.4 Å². The summed E-state index contributed by atoms with van der Waals surface area (Å²) in [7, 11) is 1.41. The summed E-state index contributed by atoms with van der Waals surface area (Å²) in [4.78, 5) is 31.3. The zero-order valence-corrected chi connectivity index (χ0v) is 20.8. The van der Waals surface area contributed by atoms with Crippen LogP contribution in [0.15, 0.2) is 12.1 Å². The number of carboxylic acids is 1. The number of carbonyl (C=O) groups is 2. The molecular weight excluding hydrogens is 446 g/mol. The number of carboxylic acid groups (broad SMARTS) is 1. The van der Waals surface area contributed by atoms with Crippen molar-refractivity contribution >= 4 is 28.8 Å². The van der Waals surface area contributed by atoms with Gasteiger partial charge in [0.25, 0.3) is 0 Å². The molecule has 1 amide bonds. The molecule has 0 saturated heterocycles. The molecule has 190 valence electrons. The number of hydrogen-bond donors (Lipinski definition) is 2. The second-order valence-corrected chi connectivity index (χ2v) is 10.7. The Bertz CT molecular complexity index is 1110. The SMILES string of the molecule is COC(=O)N1c2ccc3c(nc(C[C@H]4CCCC[C@@H]4O)n3[C@@H]3CCC[C@@H](C(=O)O)C3)c2CC[C@@H]1C. The van der Waals surface area contributed by atoms with Crippen molar-refractivity contribution < 1.29 is 24.5 Å². The summed E-state index contributed by atoms with van der Waals surface area (Å²) in [5.74, 6) is 0.0512. The summed E-state index contributed by atoms with van der Waals surface area (Å²) in [5, 5.41) is 20.4. The Kier molecular flexibility index (Phi) is 6.75. The summed E-state index contributed by atoms with van der Waals surface area (Å²) in [6.07, 6.45) is 8.79. The van der Waals surface area contributed by atoms with Crippen molar-refractivity contribution in [1.29, 1.82) is 0 Å². The lowest BCUT2D eigenvalue weighted by atomic mass is 9.83. The number of aryl methyl sites for hydroxylation is 1. The normalized spacial score (nSPS) is 29.1. The molecule has 35 heavy (non-hydrogen) atoms. The van der Waals surface area contributed by atoms with Crippen LogP contribution >= 0.6 is 0 Å². The van der Waals surface area contributed by atoms with Gasteiger partial charge in [0.2, 0.25) is 0 Å². The monoisotopic (exact) mass is 483 g/mol. The third-order valence-corrected chi connectivity index (χ3v) is 8.57. The van der Waals surface area contributed by atoms with Crippen molar-refractivity contribution in [2.24, 2.45) is 11.8 Å². The second-order valence-electron chi connectivity index (χ2n) is 10.7. The van der Waals surface area contributed by atoms with Crippen molar-refractivity contribution in [3.8, 4) is 0 Å². The number of aliphatic carboxylic acids is 1. The highest BCUT2D eigenvalue weighted by molar-refractivity contribution is 5.95. The van der Waals surface area contributed by atoms with Crippen LogP contribution < -0.4 is 4.90 Å². The van der Waals surface area contributed by atoms with Gasteiger partial charge in [0.05, 0.1) is 35.9 Å². The van der Waals surface area contributed by atoms with E-state index < -0.39 is 5.97 Å². The predicted octanol–water partition coefficient (Wildman–Crippen LogP) is 4.85. The van der Waals surface area contributed by atoms with E-state index in [-0.39, 0.29) is 36.1 Å². The number of aliphatic hydroxyl groups excluding tert-OH is 1. The van der Waals surface area contributed by atoms with Crippen LogP contribution in [0.25, 0.3) is 11.0 Å². The fourth-order valence-corrected chi connectivity index (χ4v) is 6.66. The molecule has 8 nitrogen and oxygen atoms in total. The van der Waals surface area contributed by atoms with E-state index in [1.165, 1.54) is 7.11 Å². The standard InChI is InChI=1S/C27H37N3O5/c1-16-10-11-20-21(29(16)27(34)35-2)12-13-22-25(20)28-24(15-17-6-3-4-9-23(17)31)30(22)19-8-5-7-18(14-19)26(32)33/h12-13,16-19,23,31H,3-11,14-15H2,1-2H3,(H,32,33)/t16-,17+,18+,19+,23-/m0/s1. The highest BCUT2D eigenvalue weighted by Crippen LogP contribution is 2.41. The second kappa shape index (κ2) is 9.80. The molecule has 2 aliphatic carbocycles. The quantitative estimate of drug-likeness (QED) is 0.644. The number of imidazole rings is 1. The van der Waals surface area contributed by atoms with E-state index >= 15 is 0 Å². The average molecular weight is 484 g/mol. The number of aromatic nitrogens is 2. The molecule has 5 atom stereocenters. The van der Waals surface area contributed by atoms with Crippen molar-refractivity contribution in [2.45, 2.75) is 95.7 Å².